The van der Waals surface area contributed by atoms with Crippen LogP contribution in [0.2, 0.25) is 0 Å². The molecule has 0 aromatic rings. The van der Waals surface area contributed by atoms with Crippen LogP contribution in [-0.4, -0.2) is 46.0 Å². The second-order valence-corrected chi connectivity index (χ2v) is 8.49. The van der Waals surface area contributed by atoms with Crippen LogP contribution in [0.25, 0.3) is 0 Å². The van der Waals surface area contributed by atoms with Gasteiger partial charge >= 0.3 is 41.5 Å². The Bertz CT molecular complexity index is 479. The average molecular weight is 452 g/mol. The maximum Gasteiger partial charge on any atom is 1.00 e. The Morgan fingerprint density at radius 1 is 0.710 bits per heavy atom. The fourth-order valence-electron chi connectivity index (χ4n) is 3.74. The second kappa shape index (κ2) is 22.6. The number of carbonyl (C=O) groups excluding carboxylic acids is 1. The predicted molar refractivity (Wildman–Crippen MR) is 122 cm³/mol. The van der Waals surface area contributed by atoms with E-state index in [-0.39, 0.29) is 49.7 Å². The first-order valence-electron chi connectivity index (χ1n) is 12.1. The number of carbonyl (C=O) groups is 3. The summed E-state index contributed by atoms with van der Waals surface area (Å²) in [5.41, 5.74) is 0. The first kappa shape index (κ1) is 32.6. The van der Waals surface area contributed by atoms with Crippen LogP contribution in [0, 0.1) is 0 Å². The summed E-state index contributed by atoms with van der Waals surface area (Å²) in [5.74, 6) is -2.42. The zero-order valence-corrected chi connectivity index (χ0v) is 22.4. The maximum atomic E-state index is 12.2. The van der Waals surface area contributed by atoms with Gasteiger partial charge < -0.3 is 16.5 Å². The summed E-state index contributed by atoms with van der Waals surface area (Å²) in [5, 5.41) is 17.9. The molecule has 0 aliphatic carbocycles. The van der Waals surface area contributed by atoms with Crippen LogP contribution in [0.5, 0.6) is 0 Å². The van der Waals surface area contributed by atoms with Crippen molar-refractivity contribution >= 4 is 17.8 Å². The molecule has 0 bridgehead atoms. The number of unbranched alkanes of at least 4 members (excludes halogenated alkanes) is 14. The van der Waals surface area contributed by atoms with Crippen molar-refractivity contribution < 1.29 is 55.6 Å². The van der Waals surface area contributed by atoms with Gasteiger partial charge in [-0.2, -0.15) is 0 Å². The maximum absolute atomic E-state index is 12.2. The molecule has 0 saturated carbocycles. The minimum atomic E-state index is -1.15. The van der Waals surface area contributed by atoms with E-state index in [9.17, 15) is 19.5 Å². The topological polar surface area (TPSA) is 94.9 Å². The van der Waals surface area contributed by atoms with E-state index in [2.05, 4.69) is 6.92 Å². The van der Waals surface area contributed by atoms with Gasteiger partial charge in [-0.05, 0) is 12.8 Å². The molecule has 0 aliphatic rings. The smallest absolute Gasteiger partial charge is 1.00 e. The molecule has 0 radical (unpaired) electrons. The van der Waals surface area contributed by atoms with Crippen molar-refractivity contribution in [3.63, 3.8) is 0 Å². The van der Waals surface area contributed by atoms with Crippen LogP contribution in [0.1, 0.15) is 124 Å². The molecule has 1 unspecified atom stereocenters. The number of nitrogens with zero attached hydrogens (tertiary/aromatic N) is 1. The molecule has 0 heterocycles. The number of likely N-dealkylation sites (N-methyl/N-ethyl adjacent to an activating group) is 1. The van der Waals surface area contributed by atoms with Crippen LogP contribution in [0.15, 0.2) is 0 Å². The molecule has 0 fully saturated rings. The van der Waals surface area contributed by atoms with Crippen molar-refractivity contribution in [3.05, 3.63) is 0 Å². The summed E-state index contributed by atoms with van der Waals surface area (Å²) in [6, 6.07) is -1.06. The third-order valence-electron chi connectivity index (χ3n) is 5.77. The van der Waals surface area contributed by atoms with Gasteiger partial charge in [0.25, 0.3) is 0 Å². The molecule has 1 amide bonds. The Morgan fingerprint density at radius 3 is 1.45 bits per heavy atom. The van der Waals surface area contributed by atoms with Crippen molar-refractivity contribution in [3.8, 4) is 0 Å². The molecule has 0 aliphatic heterocycles. The van der Waals surface area contributed by atoms with Crippen LogP contribution in [0.4, 0.5) is 0 Å². The predicted octanol–water partition coefficient (Wildman–Crippen LogP) is 3.14. The van der Waals surface area contributed by atoms with Crippen molar-refractivity contribution in [2.45, 2.75) is 129 Å². The Hall–Kier alpha value is -0.590. The Kier molecular flexibility index (Phi) is 23.8. The molecule has 0 aromatic heterocycles. The molecule has 0 spiro atoms. The Balaban J connectivity index is -0.00000420. The van der Waals surface area contributed by atoms with Gasteiger partial charge in [0.05, 0.1) is 0 Å². The van der Waals surface area contributed by atoms with Crippen molar-refractivity contribution in [2.75, 3.05) is 7.05 Å². The van der Waals surface area contributed by atoms with Crippen LogP contribution < -0.4 is 29.6 Å². The standard InChI is InChI=1S/C24H45NO5.Na.H/c1-3-4-5-6-7-8-9-10-11-12-13-14-15-16-17-18-22(26)25(2)21(24(29)30)19-20-23(27)28;;/h21H,3-20H2,1-2H3,(H,27,28)(H,29,30);;/q;+1;-1. The van der Waals surface area contributed by atoms with Crippen LogP contribution in [-0.2, 0) is 14.4 Å². The molecule has 0 saturated heterocycles. The molecule has 31 heavy (non-hydrogen) atoms. The van der Waals surface area contributed by atoms with Gasteiger partial charge in [0.1, 0.15) is 6.04 Å². The van der Waals surface area contributed by atoms with Crippen molar-refractivity contribution in [1.82, 2.24) is 4.90 Å². The fourth-order valence-corrected chi connectivity index (χ4v) is 3.74. The molecular formula is C24H46NNaO5. The number of aliphatic carboxylic acids is 2. The summed E-state index contributed by atoms with van der Waals surface area (Å²) in [7, 11) is 1.45. The summed E-state index contributed by atoms with van der Waals surface area (Å²) in [6.45, 7) is 2.25. The number of carboxylic acid groups (broad SMARTS) is 2. The van der Waals surface area contributed by atoms with Gasteiger partial charge in [0, 0.05) is 19.9 Å². The van der Waals surface area contributed by atoms with Crippen molar-refractivity contribution in [1.29, 1.82) is 0 Å². The first-order chi connectivity index (χ1) is 14.4. The van der Waals surface area contributed by atoms with Crippen molar-refractivity contribution in [2.24, 2.45) is 0 Å². The third kappa shape index (κ3) is 19.8. The number of amides is 1. The van der Waals surface area contributed by atoms with E-state index < -0.39 is 18.0 Å². The van der Waals surface area contributed by atoms with Gasteiger partial charge in [-0.25, -0.2) is 4.79 Å². The van der Waals surface area contributed by atoms with Gasteiger partial charge in [-0.15, -0.1) is 0 Å². The first-order valence-corrected chi connectivity index (χ1v) is 12.1. The number of rotatable bonds is 21. The Morgan fingerprint density at radius 2 is 1.10 bits per heavy atom. The van der Waals surface area contributed by atoms with Gasteiger partial charge in [-0.3, -0.25) is 9.59 Å². The van der Waals surface area contributed by atoms with E-state index in [4.69, 9.17) is 5.11 Å². The molecule has 1 atom stereocenters. The molecule has 0 rings (SSSR count). The molecule has 0 aromatic carbocycles. The third-order valence-corrected chi connectivity index (χ3v) is 5.77. The van der Waals surface area contributed by atoms with Crippen LogP contribution >= 0.6 is 0 Å². The van der Waals surface area contributed by atoms with Crippen LogP contribution in [0.3, 0.4) is 0 Å². The molecular weight excluding hydrogens is 405 g/mol. The minimum Gasteiger partial charge on any atom is -1.00 e. The number of hydrogen-bond acceptors (Lipinski definition) is 3. The van der Waals surface area contributed by atoms with Gasteiger partial charge in [-0.1, -0.05) is 96.8 Å². The largest absolute Gasteiger partial charge is 1.00 e. The van der Waals surface area contributed by atoms with E-state index in [1.54, 1.807) is 0 Å². The van der Waals surface area contributed by atoms with Gasteiger partial charge in [0.2, 0.25) is 5.91 Å². The van der Waals surface area contributed by atoms with E-state index in [0.717, 1.165) is 19.3 Å². The summed E-state index contributed by atoms with van der Waals surface area (Å²) >= 11 is 0. The molecule has 2 N–H and O–H groups in total. The zero-order chi connectivity index (χ0) is 22.6. The van der Waals surface area contributed by atoms with E-state index in [1.807, 2.05) is 0 Å². The van der Waals surface area contributed by atoms with E-state index >= 15 is 0 Å². The van der Waals surface area contributed by atoms with E-state index in [0.29, 0.717) is 6.42 Å². The molecule has 178 valence electrons. The van der Waals surface area contributed by atoms with Gasteiger partial charge in [0.15, 0.2) is 0 Å². The van der Waals surface area contributed by atoms with E-state index in [1.165, 1.54) is 89.0 Å². The molecule has 6 nitrogen and oxygen atoms in total. The SMILES string of the molecule is CCCCCCCCCCCCCCCCCC(=O)N(C)C(CCC(=O)O)C(=O)O.[H-].[Na+]. The monoisotopic (exact) mass is 451 g/mol. The minimum absolute atomic E-state index is 0. The zero-order valence-electron chi connectivity index (χ0n) is 21.4. The Labute approximate surface area is 213 Å². The fraction of sp³-hybridized carbons (Fsp3) is 0.875. The average Bonchev–Trinajstić information content (AvgIpc) is 2.70. The number of hydrogen-bond donors (Lipinski definition) is 2. The second-order valence-electron chi connectivity index (χ2n) is 8.49. The normalized spacial score (nSPS) is 11.5. The summed E-state index contributed by atoms with van der Waals surface area (Å²) in [4.78, 5) is 35.3. The quantitative estimate of drug-likeness (QED) is 0.206. The molecule has 7 heteroatoms. The summed E-state index contributed by atoms with van der Waals surface area (Å²) in [6.07, 6.45) is 18.9. The summed E-state index contributed by atoms with van der Waals surface area (Å²) < 4.78 is 0. The number of carboxylic acids is 2.